The van der Waals surface area contributed by atoms with Crippen molar-refractivity contribution in [3.63, 3.8) is 0 Å². The Hall–Kier alpha value is -2.76. The maximum absolute atomic E-state index is 12.9. The van der Waals surface area contributed by atoms with Gasteiger partial charge < -0.3 is 0 Å². The van der Waals surface area contributed by atoms with Crippen LogP contribution in [0.2, 0.25) is 0 Å². The number of imide groups is 1. The molecule has 2 amide bonds. The van der Waals surface area contributed by atoms with E-state index in [1.165, 1.54) is 23.8 Å². The van der Waals surface area contributed by atoms with Gasteiger partial charge in [0.15, 0.2) is 0 Å². The van der Waals surface area contributed by atoms with Crippen LogP contribution in [0.15, 0.2) is 47.6 Å². The lowest BCUT2D eigenvalue weighted by atomic mass is 9.85. The minimum atomic E-state index is -0.526. The Kier molecular flexibility index (Phi) is 3.00. The molecule has 0 N–H and O–H groups in total. The number of anilines is 1. The normalized spacial score (nSPS) is 30.2. The van der Waals surface area contributed by atoms with Crippen molar-refractivity contribution >= 4 is 23.2 Å². The maximum Gasteiger partial charge on any atom is 0.271 e. The minimum Gasteiger partial charge on any atom is -0.274 e. The van der Waals surface area contributed by atoms with Crippen molar-refractivity contribution in [2.45, 2.75) is 13.8 Å². The third kappa shape index (κ3) is 1.76. The number of allylic oxidation sites excluding steroid dienone is 4. The molecule has 1 heterocycles. The molecule has 4 rings (SSSR count). The second-order valence-corrected chi connectivity index (χ2v) is 6.73. The Labute approximate surface area is 138 Å². The van der Waals surface area contributed by atoms with Gasteiger partial charge >= 0.3 is 0 Å². The van der Waals surface area contributed by atoms with Crippen LogP contribution in [0.1, 0.15) is 13.8 Å². The summed E-state index contributed by atoms with van der Waals surface area (Å²) in [7, 11) is 0. The van der Waals surface area contributed by atoms with Gasteiger partial charge in [0.2, 0.25) is 11.8 Å². The second-order valence-electron chi connectivity index (χ2n) is 6.73. The van der Waals surface area contributed by atoms with Gasteiger partial charge in [0.1, 0.15) is 0 Å². The van der Waals surface area contributed by atoms with E-state index < -0.39 is 4.92 Å². The number of nitrogens with zero attached hydrogens (tertiary/aromatic N) is 2. The Balaban J connectivity index is 1.76. The number of carbonyl (C=O) groups is 2. The Morgan fingerprint density at radius 2 is 1.67 bits per heavy atom. The molecule has 0 aromatic heterocycles. The van der Waals surface area contributed by atoms with Crippen molar-refractivity contribution in [2.24, 2.45) is 23.7 Å². The first kappa shape index (κ1) is 14.8. The van der Waals surface area contributed by atoms with Crippen LogP contribution in [-0.4, -0.2) is 16.7 Å². The lowest BCUT2D eigenvalue weighted by Gasteiger charge is -2.19. The molecule has 3 aliphatic rings. The summed E-state index contributed by atoms with van der Waals surface area (Å²) < 4.78 is 0. The van der Waals surface area contributed by atoms with Gasteiger partial charge in [0.05, 0.1) is 22.4 Å². The van der Waals surface area contributed by atoms with E-state index in [1.807, 2.05) is 26.0 Å². The van der Waals surface area contributed by atoms with Crippen LogP contribution in [-0.2, 0) is 9.59 Å². The number of carbonyl (C=O) groups excluding carboxylic acids is 2. The molecule has 1 saturated carbocycles. The molecule has 24 heavy (non-hydrogen) atoms. The fraction of sp³-hybridized carbons (Fsp3) is 0.333. The van der Waals surface area contributed by atoms with Gasteiger partial charge in [-0.15, -0.1) is 0 Å². The standard InChI is InChI=1S/C18H16N2O4/c1-9(2)14-12-6-7-13(14)16-15(12)17(21)19(18(16)22)10-4-3-5-11(8-10)20(23)24/h3-8,12-13,15-16H,1-2H3/t12-,13-,15-,16-/m1/s1. The average molecular weight is 324 g/mol. The van der Waals surface area contributed by atoms with Crippen LogP contribution < -0.4 is 4.90 Å². The van der Waals surface area contributed by atoms with E-state index in [0.29, 0.717) is 0 Å². The highest BCUT2D eigenvalue weighted by Gasteiger charge is 2.61. The fourth-order valence-electron chi connectivity index (χ4n) is 4.43. The number of hydrogen-bond donors (Lipinski definition) is 0. The molecule has 0 spiro atoms. The molecule has 6 nitrogen and oxygen atoms in total. The van der Waals surface area contributed by atoms with E-state index in [0.717, 1.165) is 10.5 Å². The summed E-state index contributed by atoms with van der Waals surface area (Å²) in [6.07, 6.45) is 4.05. The SMILES string of the molecule is CC(C)=C1[C@H]2C=C[C@H]1[C@H]1C(=O)N(c3cccc([N+](=O)[O-])c3)C(=O)[C@@H]12. The molecule has 6 heteroatoms. The molecule has 1 saturated heterocycles. The fourth-order valence-corrected chi connectivity index (χ4v) is 4.43. The Morgan fingerprint density at radius 1 is 1.08 bits per heavy atom. The van der Waals surface area contributed by atoms with Crippen molar-refractivity contribution in [1.29, 1.82) is 0 Å². The summed E-state index contributed by atoms with van der Waals surface area (Å²) in [5.41, 5.74) is 2.50. The molecule has 122 valence electrons. The van der Waals surface area contributed by atoms with Gasteiger partial charge in [0, 0.05) is 24.0 Å². The largest absolute Gasteiger partial charge is 0.274 e. The molecule has 2 aliphatic carbocycles. The summed E-state index contributed by atoms with van der Waals surface area (Å²) in [6, 6.07) is 5.70. The number of hydrogen-bond acceptors (Lipinski definition) is 4. The summed E-state index contributed by atoms with van der Waals surface area (Å²) >= 11 is 0. The molecular weight excluding hydrogens is 308 g/mol. The molecule has 2 bridgehead atoms. The van der Waals surface area contributed by atoms with Crippen LogP contribution in [0.25, 0.3) is 0 Å². The summed E-state index contributed by atoms with van der Waals surface area (Å²) in [5, 5.41) is 11.0. The number of benzene rings is 1. The third-order valence-electron chi connectivity index (χ3n) is 5.29. The van der Waals surface area contributed by atoms with E-state index >= 15 is 0 Å². The van der Waals surface area contributed by atoms with E-state index in [9.17, 15) is 19.7 Å². The first-order valence-corrected chi connectivity index (χ1v) is 7.89. The third-order valence-corrected chi connectivity index (χ3v) is 5.29. The zero-order valence-electron chi connectivity index (χ0n) is 13.3. The Morgan fingerprint density at radius 3 is 2.17 bits per heavy atom. The van der Waals surface area contributed by atoms with E-state index in [4.69, 9.17) is 0 Å². The molecule has 1 aromatic rings. The maximum atomic E-state index is 12.9. The van der Waals surface area contributed by atoms with E-state index in [1.54, 1.807) is 6.07 Å². The van der Waals surface area contributed by atoms with Crippen molar-refractivity contribution in [3.05, 3.63) is 57.7 Å². The molecule has 4 atom stereocenters. The van der Waals surface area contributed by atoms with Gasteiger partial charge in [-0.3, -0.25) is 19.7 Å². The number of fused-ring (bicyclic) bond motifs is 5. The van der Waals surface area contributed by atoms with Gasteiger partial charge in [-0.2, -0.15) is 0 Å². The van der Waals surface area contributed by atoms with Gasteiger partial charge in [-0.1, -0.05) is 29.4 Å². The number of nitro benzene ring substituents is 1. The van der Waals surface area contributed by atoms with Crippen molar-refractivity contribution in [1.82, 2.24) is 0 Å². The summed E-state index contributed by atoms with van der Waals surface area (Å²) in [4.78, 5) is 37.4. The van der Waals surface area contributed by atoms with Crippen molar-refractivity contribution in [3.8, 4) is 0 Å². The lowest BCUT2D eigenvalue weighted by molar-refractivity contribution is -0.384. The summed E-state index contributed by atoms with van der Waals surface area (Å²) in [6.45, 7) is 4.02. The first-order valence-electron chi connectivity index (χ1n) is 7.89. The lowest BCUT2D eigenvalue weighted by Crippen LogP contribution is -2.33. The summed E-state index contributed by atoms with van der Waals surface area (Å²) in [5.74, 6) is -1.30. The highest BCUT2D eigenvalue weighted by Crippen LogP contribution is 2.57. The highest BCUT2D eigenvalue weighted by molar-refractivity contribution is 6.23. The predicted octanol–water partition coefficient (Wildman–Crippen LogP) is 2.85. The minimum absolute atomic E-state index is 0.0230. The van der Waals surface area contributed by atoms with Crippen molar-refractivity contribution < 1.29 is 14.5 Å². The second kappa shape index (κ2) is 4.87. The average Bonchev–Trinajstić information content (AvgIpc) is 3.17. The zero-order valence-corrected chi connectivity index (χ0v) is 13.3. The van der Waals surface area contributed by atoms with Crippen molar-refractivity contribution in [2.75, 3.05) is 4.90 Å². The van der Waals surface area contributed by atoms with Crippen LogP contribution >= 0.6 is 0 Å². The van der Waals surface area contributed by atoms with Crippen LogP contribution in [0.4, 0.5) is 11.4 Å². The molecule has 1 aliphatic heterocycles. The number of rotatable bonds is 2. The van der Waals surface area contributed by atoms with Gasteiger partial charge in [-0.25, -0.2) is 4.90 Å². The molecular formula is C18H16N2O4. The quantitative estimate of drug-likeness (QED) is 0.362. The monoisotopic (exact) mass is 324 g/mol. The molecule has 1 aromatic carbocycles. The number of nitro groups is 1. The first-order chi connectivity index (χ1) is 11.4. The highest BCUT2D eigenvalue weighted by atomic mass is 16.6. The smallest absolute Gasteiger partial charge is 0.271 e. The van der Waals surface area contributed by atoms with E-state index in [2.05, 4.69) is 0 Å². The van der Waals surface area contributed by atoms with Crippen LogP contribution in [0.3, 0.4) is 0 Å². The number of non-ortho nitro benzene ring substituents is 1. The van der Waals surface area contributed by atoms with Crippen LogP contribution in [0, 0.1) is 33.8 Å². The van der Waals surface area contributed by atoms with Gasteiger partial charge in [-0.05, 0) is 19.9 Å². The van der Waals surface area contributed by atoms with Crippen LogP contribution in [0.5, 0.6) is 0 Å². The molecule has 2 fully saturated rings. The van der Waals surface area contributed by atoms with Gasteiger partial charge in [0.25, 0.3) is 5.69 Å². The Bertz CT molecular complexity index is 816. The topological polar surface area (TPSA) is 80.5 Å². The molecule has 0 radical (unpaired) electrons. The molecule has 0 unspecified atom stereocenters. The zero-order chi connectivity index (χ0) is 17.2. The predicted molar refractivity (Wildman–Crippen MR) is 87.1 cm³/mol. The van der Waals surface area contributed by atoms with E-state index in [-0.39, 0.29) is 46.9 Å². The number of amides is 2.